The maximum absolute atomic E-state index is 8.87. The summed E-state index contributed by atoms with van der Waals surface area (Å²) in [5.41, 5.74) is 6.91. The average molecular weight is 370 g/mol. The second kappa shape index (κ2) is 10.7. The van der Waals surface area contributed by atoms with Crippen molar-refractivity contribution in [2.45, 2.75) is 19.3 Å². The Labute approximate surface area is 159 Å². The summed E-state index contributed by atoms with van der Waals surface area (Å²) in [6.45, 7) is 1.28. The minimum Gasteiger partial charge on any atom is -0.494 e. The Morgan fingerprint density at radius 3 is 1.81 bits per heavy atom. The monoisotopic (exact) mass is 370 g/mol. The van der Waals surface area contributed by atoms with Crippen molar-refractivity contribution in [2.75, 3.05) is 20.3 Å². The highest BCUT2D eigenvalue weighted by Crippen LogP contribution is 2.14. The van der Waals surface area contributed by atoms with Gasteiger partial charge in [0, 0.05) is 18.2 Å². The lowest BCUT2D eigenvalue weighted by molar-refractivity contribution is 0.279. The third-order valence-corrected chi connectivity index (χ3v) is 3.96. The fourth-order valence-electron chi connectivity index (χ4n) is 2.45. The molecule has 2 rings (SSSR count). The zero-order valence-corrected chi connectivity index (χ0v) is 15.4. The summed E-state index contributed by atoms with van der Waals surface area (Å²) in [6, 6.07) is 14.6. The van der Waals surface area contributed by atoms with E-state index in [1.54, 1.807) is 19.2 Å². The summed E-state index contributed by atoms with van der Waals surface area (Å²) in [7, 11) is 1.70. The van der Waals surface area contributed by atoms with Gasteiger partial charge in [-0.05, 0) is 67.8 Å². The molecule has 0 fully saturated rings. The number of hydrogen-bond acceptors (Lipinski definition) is 5. The van der Waals surface area contributed by atoms with Crippen LogP contribution in [0.15, 0.2) is 53.7 Å². The quantitative estimate of drug-likeness (QED) is 0.169. The van der Waals surface area contributed by atoms with Gasteiger partial charge in [-0.3, -0.25) is 5.41 Å². The molecule has 0 radical (unpaired) electrons. The molecule has 27 heavy (non-hydrogen) atoms. The first-order valence-corrected chi connectivity index (χ1v) is 8.84. The van der Waals surface area contributed by atoms with E-state index in [-0.39, 0.29) is 5.84 Å². The molecule has 0 saturated heterocycles. The Balaban J connectivity index is 1.60. The SMILES string of the molecule is CN/C(=N\O)c1ccc(OCCCCCOc2ccc(C(=N)N)cc2)cc1. The molecule has 0 bridgehead atoms. The van der Waals surface area contributed by atoms with Crippen LogP contribution < -0.4 is 20.5 Å². The van der Waals surface area contributed by atoms with Crippen molar-refractivity contribution in [3.05, 3.63) is 59.7 Å². The summed E-state index contributed by atoms with van der Waals surface area (Å²) in [5, 5.41) is 22.2. The second-order valence-corrected chi connectivity index (χ2v) is 5.92. The third kappa shape index (κ3) is 6.54. The lowest BCUT2D eigenvalue weighted by Gasteiger charge is -2.09. The fourth-order valence-corrected chi connectivity index (χ4v) is 2.45. The van der Waals surface area contributed by atoms with Crippen molar-refractivity contribution in [3.8, 4) is 11.5 Å². The van der Waals surface area contributed by atoms with Crippen LogP contribution in [-0.4, -0.2) is 37.1 Å². The molecule has 144 valence electrons. The number of nitrogens with two attached hydrogens (primary N) is 1. The van der Waals surface area contributed by atoms with Crippen molar-refractivity contribution in [3.63, 3.8) is 0 Å². The number of ether oxygens (including phenoxy) is 2. The first-order chi connectivity index (χ1) is 13.1. The third-order valence-electron chi connectivity index (χ3n) is 3.96. The zero-order valence-electron chi connectivity index (χ0n) is 15.4. The molecule has 5 N–H and O–H groups in total. The number of amidine groups is 2. The highest BCUT2D eigenvalue weighted by atomic mass is 16.5. The molecule has 2 aromatic carbocycles. The molecule has 0 heterocycles. The molecule has 7 heteroatoms. The Morgan fingerprint density at radius 1 is 0.926 bits per heavy atom. The number of rotatable bonds is 10. The van der Waals surface area contributed by atoms with Gasteiger partial charge in [0.25, 0.3) is 0 Å². The van der Waals surface area contributed by atoms with Gasteiger partial charge in [-0.15, -0.1) is 0 Å². The number of benzene rings is 2. The normalized spacial score (nSPS) is 11.1. The smallest absolute Gasteiger partial charge is 0.172 e. The summed E-state index contributed by atoms with van der Waals surface area (Å²) >= 11 is 0. The van der Waals surface area contributed by atoms with E-state index in [1.165, 1.54) is 0 Å². The van der Waals surface area contributed by atoms with Crippen LogP contribution in [0.25, 0.3) is 0 Å². The standard InChI is InChI=1S/C20H26N4O3/c1-23-20(24-25)16-7-11-18(12-8-16)27-14-4-2-3-13-26-17-9-5-15(6-10-17)19(21)22/h5-12,25H,2-4,13-14H2,1H3,(H3,21,22)(H,23,24). The van der Waals surface area contributed by atoms with E-state index in [0.717, 1.165) is 36.3 Å². The molecule has 0 aromatic heterocycles. The average Bonchev–Trinajstić information content (AvgIpc) is 2.69. The molecule has 0 saturated carbocycles. The van der Waals surface area contributed by atoms with Crippen molar-refractivity contribution in [1.29, 1.82) is 5.41 Å². The van der Waals surface area contributed by atoms with Gasteiger partial charge in [0.05, 0.1) is 13.2 Å². The highest BCUT2D eigenvalue weighted by Gasteiger charge is 2.02. The van der Waals surface area contributed by atoms with Crippen molar-refractivity contribution in [1.82, 2.24) is 5.32 Å². The number of nitrogens with one attached hydrogen (secondary N) is 2. The molecule has 0 spiro atoms. The number of hydrogen-bond donors (Lipinski definition) is 4. The van der Waals surface area contributed by atoms with Crippen LogP contribution in [0.2, 0.25) is 0 Å². The maximum Gasteiger partial charge on any atom is 0.172 e. The predicted molar refractivity (Wildman–Crippen MR) is 106 cm³/mol. The lowest BCUT2D eigenvalue weighted by Crippen LogP contribution is -2.19. The largest absolute Gasteiger partial charge is 0.494 e. The van der Waals surface area contributed by atoms with Crippen LogP contribution in [0.5, 0.6) is 11.5 Å². The van der Waals surface area contributed by atoms with E-state index in [2.05, 4.69) is 10.5 Å². The van der Waals surface area contributed by atoms with Gasteiger partial charge in [0.2, 0.25) is 0 Å². The summed E-state index contributed by atoms with van der Waals surface area (Å²) in [5.74, 6) is 2.04. The van der Waals surface area contributed by atoms with Gasteiger partial charge in [-0.2, -0.15) is 0 Å². The van der Waals surface area contributed by atoms with Crippen LogP contribution in [0, 0.1) is 5.41 Å². The molecule has 0 unspecified atom stereocenters. The van der Waals surface area contributed by atoms with Crippen LogP contribution >= 0.6 is 0 Å². The maximum atomic E-state index is 8.87. The second-order valence-electron chi connectivity index (χ2n) is 5.92. The first-order valence-electron chi connectivity index (χ1n) is 8.84. The Hall–Kier alpha value is -3.22. The molecule has 0 atom stereocenters. The van der Waals surface area contributed by atoms with E-state index in [4.69, 9.17) is 25.8 Å². The summed E-state index contributed by atoms with van der Waals surface area (Å²) < 4.78 is 11.4. The molecule has 0 aliphatic carbocycles. The molecular formula is C20H26N4O3. The van der Waals surface area contributed by atoms with E-state index >= 15 is 0 Å². The van der Waals surface area contributed by atoms with E-state index in [0.29, 0.717) is 24.6 Å². The minimum atomic E-state index is 0.0557. The van der Waals surface area contributed by atoms with E-state index < -0.39 is 0 Å². The number of nitrogen functional groups attached to an aromatic ring is 1. The number of nitrogens with zero attached hydrogens (tertiary/aromatic N) is 1. The lowest BCUT2D eigenvalue weighted by atomic mass is 10.2. The molecule has 7 nitrogen and oxygen atoms in total. The van der Waals surface area contributed by atoms with Gasteiger partial charge in [0.1, 0.15) is 17.3 Å². The molecule has 0 aliphatic heterocycles. The predicted octanol–water partition coefficient (Wildman–Crippen LogP) is 2.95. The minimum absolute atomic E-state index is 0.0557. The van der Waals surface area contributed by atoms with Crippen LogP contribution in [0.3, 0.4) is 0 Å². The van der Waals surface area contributed by atoms with E-state index in [1.807, 2.05) is 36.4 Å². The highest BCUT2D eigenvalue weighted by molar-refractivity contribution is 5.98. The van der Waals surface area contributed by atoms with E-state index in [9.17, 15) is 0 Å². The van der Waals surface area contributed by atoms with Gasteiger partial charge in [-0.1, -0.05) is 5.16 Å². The van der Waals surface area contributed by atoms with Crippen molar-refractivity contribution >= 4 is 11.7 Å². The van der Waals surface area contributed by atoms with Gasteiger partial charge in [0.15, 0.2) is 5.84 Å². The molecule has 0 aliphatic rings. The number of unbranched alkanes of at least 4 members (excludes halogenated alkanes) is 2. The summed E-state index contributed by atoms with van der Waals surface area (Å²) in [4.78, 5) is 0. The number of oxime groups is 1. The zero-order chi connectivity index (χ0) is 19.5. The Kier molecular flexibility index (Phi) is 7.96. The van der Waals surface area contributed by atoms with Gasteiger partial charge >= 0.3 is 0 Å². The first kappa shape index (κ1) is 20.1. The van der Waals surface area contributed by atoms with Gasteiger partial charge < -0.3 is 25.7 Å². The topological polar surface area (TPSA) is 113 Å². The molecular weight excluding hydrogens is 344 g/mol. The van der Waals surface area contributed by atoms with Crippen molar-refractivity contribution < 1.29 is 14.7 Å². The fraction of sp³-hybridized carbons (Fsp3) is 0.300. The van der Waals surface area contributed by atoms with Crippen LogP contribution in [0.4, 0.5) is 0 Å². The Morgan fingerprint density at radius 2 is 1.41 bits per heavy atom. The van der Waals surface area contributed by atoms with Crippen LogP contribution in [-0.2, 0) is 0 Å². The summed E-state index contributed by atoms with van der Waals surface area (Å²) in [6.07, 6.45) is 2.88. The Bertz CT molecular complexity index is 743. The van der Waals surface area contributed by atoms with Crippen LogP contribution in [0.1, 0.15) is 30.4 Å². The molecule has 0 amide bonds. The van der Waals surface area contributed by atoms with Crippen molar-refractivity contribution in [2.24, 2.45) is 10.9 Å². The molecule has 2 aromatic rings. The van der Waals surface area contributed by atoms with Gasteiger partial charge in [-0.25, -0.2) is 0 Å².